The number of rotatable bonds is 8. The third-order valence-corrected chi connectivity index (χ3v) is 5.72. The van der Waals surface area contributed by atoms with E-state index in [9.17, 15) is 9.59 Å². The number of aromatic nitrogens is 1. The second-order valence-corrected chi connectivity index (χ2v) is 8.01. The summed E-state index contributed by atoms with van der Waals surface area (Å²) < 4.78 is 4.92. The molecule has 0 bridgehead atoms. The number of hydrogen-bond acceptors (Lipinski definition) is 7. The van der Waals surface area contributed by atoms with Gasteiger partial charge in [0.1, 0.15) is 0 Å². The molecule has 1 aliphatic heterocycles. The number of hydrogen-bond donors (Lipinski definition) is 1. The number of esters is 1. The van der Waals surface area contributed by atoms with Gasteiger partial charge in [-0.05, 0) is 25.0 Å². The van der Waals surface area contributed by atoms with Gasteiger partial charge in [-0.15, -0.1) is 11.3 Å². The summed E-state index contributed by atoms with van der Waals surface area (Å²) in [7, 11) is 0. The molecule has 0 saturated carbocycles. The topological polar surface area (TPSA) is 74.8 Å². The predicted molar refractivity (Wildman–Crippen MR) is 114 cm³/mol. The van der Waals surface area contributed by atoms with Crippen molar-refractivity contribution in [3.63, 3.8) is 0 Å². The van der Waals surface area contributed by atoms with Gasteiger partial charge in [-0.1, -0.05) is 24.3 Å². The molecule has 0 aliphatic carbocycles. The van der Waals surface area contributed by atoms with Gasteiger partial charge in [0.2, 0.25) is 5.91 Å². The first-order valence-corrected chi connectivity index (χ1v) is 10.8. The zero-order valence-corrected chi connectivity index (χ0v) is 17.8. The third-order valence-electron chi connectivity index (χ3n) is 4.92. The van der Waals surface area contributed by atoms with Crippen molar-refractivity contribution in [3.05, 3.63) is 46.5 Å². The van der Waals surface area contributed by atoms with E-state index in [1.165, 1.54) is 22.5 Å². The first kappa shape index (κ1) is 21.4. The highest BCUT2D eigenvalue weighted by Crippen LogP contribution is 2.17. The number of nitrogens with one attached hydrogen (secondary N) is 1. The van der Waals surface area contributed by atoms with E-state index in [4.69, 9.17) is 4.74 Å². The monoisotopic (exact) mass is 416 g/mol. The Hall–Kier alpha value is -2.29. The van der Waals surface area contributed by atoms with Crippen LogP contribution in [-0.4, -0.2) is 66.0 Å². The summed E-state index contributed by atoms with van der Waals surface area (Å²) in [5.74, 6) is -0.381. The molecule has 2 aromatic rings. The van der Waals surface area contributed by atoms with Crippen LogP contribution in [0.4, 0.5) is 5.13 Å². The van der Waals surface area contributed by atoms with E-state index in [0.29, 0.717) is 24.0 Å². The lowest BCUT2D eigenvalue weighted by atomic mass is 10.1. The lowest BCUT2D eigenvalue weighted by Gasteiger charge is -2.34. The van der Waals surface area contributed by atoms with Crippen LogP contribution in [0.15, 0.2) is 29.6 Å². The molecular weight excluding hydrogens is 388 g/mol. The first-order chi connectivity index (χ1) is 14.0. The zero-order chi connectivity index (χ0) is 20.6. The predicted octanol–water partition coefficient (Wildman–Crippen LogP) is 2.31. The maximum Gasteiger partial charge on any atom is 0.311 e. The van der Waals surface area contributed by atoms with Crippen molar-refractivity contribution in [1.82, 2.24) is 14.8 Å². The van der Waals surface area contributed by atoms with Gasteiger partial charge in [0, 0.05) is 38.1 Å². The maximum absolute atomic E-state index is 12.3. The number of carbonyl (C=O) groups is 2. The van der Waals surface area contributed by atoms with Crippen LogP contribution in [0.1, 0.15) is 23.7 Å². The molecule has 0 spiro atoms. The molecule has 1 amide bonds. The Bertz CT molecular complexity index is 831. The van der Waals surface area contributed by atoms with Gasteiger partial charge < -0.3 is 10.1 Å². The van der Waals surface area contributed by atoms with Crippen LogP contribution < -0.4 is 5.32 Å². The van der Waals surface area contributed by atoms with Crippen molar-refractivity contribution in [2.45, 2.75) is 26.8 Å². The lowest BCUT2D eigenvalue weighted by Crippen LogP contribution is -2.48. The highest BCUT2D eigenvalue weighted by molar-refractivity contribution is 7.13. The van der Waals surface area contributed by atoms with E-state index in [1.807, 2.05) is 0 Å². The summed E-state index contributed by atoms with van der Waals surface area (Å²) in [6.07, 6.45) is 0.128. The lowest BCUT2D eigenvalue weighted by molar-refractivity contribution is -0.142. The fraction of sp³-hybridized carbons (Fsp3) is 0.476. The van der Waals surface area contributed by atoms with Crippen molar-refractivity contribution < 1.29 is 14.3 Å². The Morgan fingerprint density at radius 1 is 1.17 bits per heavy atom. The molecule has 1 aromatic carbocycles. The molecule has 3 rings (SSSR count). The average molecular weight is 417 g/mol. The number of benzene rings is 1. The fourth-order valence-corrected chi connectivity index (χ4v) is 4.03. The highest BCUT2D eigenvalue weighted by atomic mass is 32.1. The molecule has 0 radical (unpaired) electrons. The van der Waals surface area contributed by atoms with Crippen LogP contribution in [0.5, 0.6) is 0 Å². The molecule has 1 aromatic heterocycles. The van der Waals surface area contributed by atoms with Gasteiger partial charge in [-0.2, -0.15) is 0 Å². The molecule has 0 atom stereocenters. The molecule has 1 saturated heterocycles. The Labute approximate surface area is 175 Å². The number of nitrogens with zero attached hydrogens (tertiary/aromatic N) is 3. The van der Waals surface area contributed by atoms with E-state index in [-0.39, 0.29) is 18.3 Å². The molecule has 156 valence electrons. The van der Waals surface area contributed by atoms with E-state index < -0.39 is 0 Å². The molecular formula is C21H28N4O3S. The zero-order valence-electron chi connectivity index (χ0n) is 17.0. The number of anilines is 1. The van der Waals surface area contributed by atoms with E-state index in [2.05, 4.69) is 51.3 Å². The van der Waals surface area contributed by atoms with Crippen LogP contribution in [0.3, 0.4) is 0 Å². The number of thiazole rings is 1. The Kier molecular flexibility index (Phi) is 7.74. The summed E-state index contributed by atoms with van der Waals surface area (Å²) in [4.78, 5) is 32.7. The quantitative estimate of drug-likeness (QED) is 0.666. The number of carbonyl (C=O) groups excluding carboxylic acids is 2. The average Bonchev–Trinajstić information content (AvgIpc) is 3.11. The first-order valence-electron chi connectivity index (χ1n) is 9.92. The van der Waals surface area contributed by atoms with E-state index in [1.54, 1.807) is 12.3 Å². The van der Waals surface area contributed by atoms with Gasteiger partial charge in [-0.3, -0.25) is 19.4 Å². The van der Waals surface area contributed by atoms with Crippen molar-refractivity contribution in [2.75, 3.05) is 44.6 Å². The fourth-order valence-electron chi connectivity index (χ4n) is 3.30. The Balaban J connectivity index is 1.40. The molecule has 29 heavy (non-hydrogen) atoms. The van der Waals surface area contributed by atoms with Gasteiger partial charge >= 0.3 is 5.97 Å². The molecule has 1 fully saturated rings. The Morgan fingerprint density at radius 3 is 2.62 bits per heavy atom. The second kappa shape index (κ2) is 10.5. The van der Waals surface area contributed by atoms with Crippen molar-refractivity contribution in [3.8, 4) is 0 Å². The van der Waals surface area contributed by atoms with Crippen LogP contribution in [0, 0.1) is 6.92 Å². The molecule has 1 aliphatic rings. The molecule has 7 nitrogen and oxygen atoms in total. The summed E-state index contributed by atoms with van der Waals surface area (Å²) >= 11 is 1.33. The smallest absolute Gasteiger partial charge is 0.311 e. The van der Waals surface area contributed by atoms with E-state index >= 15 is 0 Å². The summed E-state index contributed by atoms with van der Waals surface area (Å²) in [6, 6.07) is 8.48. The minimum atomic E-state index is -0.306. The summed E-state index contributed by atoms with van der Waals surface area (Å²) in [5, 5.41) is 5.13. The van der Waals surface area contributed by atoms with Crippen LogP contribution >= 0.6 is 11.3 Å². The van der Waals surface area contributed by atoms with Gasteiger partial charge in [0.25, 0.3) is 0 Å². The van der Waals surface area contributed by atoms with Crippen LogP contribution in [0.2, 0.25) is 0 Å². The summed E-state index contributed by atoms with van der Waals surface area (Å²) in [5.41, 5.74) is 3.30. The third kappa shape index (κ3) is 6.62. The highest BCUT2D eigenvalue weighted by Gasteiger charge is 2.20. The van der Waals surface area contributed by atoms with Crippen molar-refractivity contribution >= 4 is 28.3 Å². The normalized spacial score (nSPS) is 15.2. The van der Waals surface area contributed by atoms with Gasteiger partial charge in [-0.25, -0.2) is 4.98 Å². The summed E-state index contributed by atoms with van der Waals surface area (Å²) in [6.45, 7) is 9.20. The van der Waals surface area contributed by atoms with Gasteiger partial charge in [0.15, 0.2) is 5.13 Å². The SMILES string of the molecule is CCOC(=O)Cc1csc(NC(=O)CN2CCN(Cc3ccccc3C)CC2)n1. The maximum atomic E-state index is 12.3. The largest absolute Gasteiger partial charge is 0.466 e. The van der Waals surface area contributed by atoms with Crippen molar-refractivity contribution in [2.24, 2.45) is 0 Å². The van der Waals surface area contributed by atoms with Crippen LogP contribution in [-0.2, 0) is 27.3 Å². The minimum Gasteiger partial charge on any atom is -0.466 e. The minimum absolute atomic E-state index is 0.0746. The number of ether oxygens (including phenoxy) is 1. The Morgan fingerprint density at radius 2 is 1.90 bits per heavy atom. The number of amides is 1. The molecule has 8 heteroatoms. The standard InChI is InChI=1S/C21H28N4O3S/c1-3-28-20(27)12-18-15-29-21(22-18)23-19(26)14-25-10-8-24(9-11-25)13-17-7-5-4-6-16(17)2/h4-7,15H,3,8-14H2,1-2H3,(H,22,23,26). The molecule has 2 heterocycles. The van der Waals surface area contributed by atoms with Crippen molar-refractivity contribution in [1.29, 1.82) is 0 Å². The molecule has 0 unspecified atom stereocenters. The van der Waals surface area contributed by atoms with Gasteiger partial charge in [0.05, 0.1) is 25.3 Å². The van der Waals surface area contributed by atoms with E-state index in [0.717, 1.165) is 32.7 Å². The molecule has 1 N–H and O–H groups in total. The number of piperazine rings is 1. The van der Waals surface area contributed by atoms with Crippen LogP contribution in [0.25, 0.3) is 0 Å². The second-order valence-electron chi connectivity index (χ2n) is 7.15. The number of aryl methyl sites for hydroxylation is 1.